The highest BCUT2D eigenvalue weighted by Crippen LogP contribution is 2.29. The van der Waals surface area contributed by atoms with Crippen LogP contribution in [0.2, 0.25) is 0 Å². The lowest BCUT2D eigenvalue weighted by atomic mass is 9.96. The van der Waals surface area contributed by atoms with E-state index >= 15 is 0 Å². The largest absolute Gasteiger partial charge is 0.340 e. The molecule has 2 heterocycles. The van der Waals surface area contributed by atoms with E-state index in [-0.39, 0.29) is 11.9 Å². The minimum Gasteiger partial charge on any atom is -0.340 e. The van der Waals surface area contributed by atoms with E-state index in [0.717, 1.165) is 36.9 Å². The van der Waals surface area contributed by atoms with Crippen molar-refractivity contribution in [3.63, 3.8) is 0 Å². The summed E-state index contributed by atoms with van der Waals surface area (Å²) in [5.74, 6) is 0.181. The smallest absolute Gasteiger partial charge is 0.228 e. The predicted molar refractivity (Wildman–Crippen MR) is 113 cm³/mol. The van der Waals surface area contributed by atoms with Gasteiger partial charge in [-0.05, 0) is 18.1 Å². The molecule has 5 heteroatoms. The first-order valence-corrected chi connectivity index (χ1v) is 10.6. The quantitative estimate of drug-likeness (QED) is 0.661. The highest BCUT2D eigenvalue weighted by molar-refractivity contribution is 7.09. The van der Waals surface area contributed by atoms with Gasteiger partial charge in [0.15, 0.2) is 0 Å². The van der Waals surface area contributed by atoms with Crippen molar-refractivity contribution in [2.45, 2.75) is 19.4 Å². The Bertz CT molecular complexity index is 862. The summed E-state index contributed by atoms with van der Waals surface area (Å²) in [5.41, 5.74) is 3.49. The summed E-state index contributed by atoms with van der Waals surface area (Å²) < 4.78 is 0. The van der Waals surface area contributed by atoms with Crippen LogP contribution in [0.1, 0.15) is 27.9 Å². The number of aryl methyl sites for hydroxylation is 1. The number of nitrogens with zero attached hydrogens (tertiary/aromatic N) is 3. The van der Waals surface area contributed by atoms with Crippen LogP contribution in [0, 0.1) is 6.92 Å². The summed E-state index contributed by atoms with van der Waals surface area (Å²) in [5, 5.41) is 3.01. The lowest BCUT2D eigenvalue weighted by Crippen LogP contribution is -2.50. The summed E-state index contributed by atoms with van der Waals surface area (Å²) in [6.07, 6.45) is 0.408. The first kappa shape index (κ1) is 18.8. The van der Waals surface area contributed by atoms with Gasteiger partial charge in [-0.2, -0.15) is 0 Å². The molecule has 4 nitrogen and oxygen atoms in total. The average Bonchev–Trinajstić information content (AvgIpc) is 3.15. The first-order chi connectivity index (χ1) is 13.7. The number of thiazole rings is 1. The third-order valence-electron chi connectivity index (χ3n) is 5.26. The normalized spacial score (nSPS) is 15.1. The molecule has 0 bridgehead atoms. The Hall–Kier alpha value is -2.50. The van der Waals surface area contributed by atoms with Gasteiger partial charge in [0.25, 0.3) is 0 Å². The second-order valence-corrected chi connectivity index (χ2v) is 8.24. The zero-order valence-corrected chi connectivity index (χ0v) is 16.9. The molecule has 1 aliphatic heterocycles. The average molecular weight is 392 g/mol. The molecule has 1 saturated heterocycles. The van der Waals surface area contributed by atoms with Gasteiger partial charge in [-0.25, -0.2) is 4.98 Å². The zero-order valence-electron chi connectivity index (χ0n) is 16.1. The summed E-state index contributed by atoms with van der Waals surface area (Å²) >= 11 is 1.60. The number of amides is 1. The summed E-state index contributed by atoms with van der Waals surface area (Å²) in [6.45, 7) is 5.24. The van der Waals surface area contributed by atoms with Gasteiger partial charge in [0.2, 0.25) is 5.91 Å². The van der Waals surface area contributed by atoms with Crippen molar-refractivity contribution in [3.05, 3.63) is 87.9 Å². The molecule has 1 aromatic heterocycles. The van der Waals surface area contributed by atoms with Gasteiger partial charge in [-0.3, -0.25) is 9.69 Å². The van der Waals surface area contributed by atoms with Crippen molar-refractivity contribution in [3.8, 4) is 0 Å². The van der Waals surface area contributed by atoms with Crippen LogP contribution < -0.4 is 0 Å². The number of hydrogen-bond acceptors (Lipinski definition) is 4. The van der Waals surface area contributed by atoms with Crippen molar-refractivity contribution in [2.24, 2.45) is 0 Å². The van der Waals surface area contributed by atoms with Crippen LogP contribution >= 0.6 is 11.3 Å². The number of carbonyl (C=O) groups is 1. The van der Waals surface area contributed by atoms with Gasteiger partial charge < -0.3 is 4.90 Å². The SMILES string of the molecule is Cc1nc(CC(=O)N2CCN(C(c3ccccc3)c3ccccc3)CC2)cs1. The minimum absolute atomic E-state index is 0.181. The Morgan fingerprint density at radius 1 is 0.964 bits per heavy atom. The third-order valence-corrected chi connectivity index (χ3v) is 6.08. The number of piperazine rings is 1. The monoisotopic (exact) mass is 391 g/mol. The standard InChI is InChI=1S/C23H25N3OS/c1-18-24-21(17-28-18)16-22(27)25-12-14-26(15-13-25)23(19-8-4-2-5-9-19)20-10-6-3-7-11-20/h2-11,17,23H,12-16H2,1H3. The van der Waals surface area contributed by atoms with E-state index in [0.29, 0.717) is 6.42 Å². The number of benzene rings is 2. The molecule has 0 atom stereocenters. The molecule has 0 radical (unpaired) electrons. The van der Waals surface area contributed by atoms with Crippen LogP contribution in [0.4, 0.5) is 0 Å². The highest BCUT2D eigenvalue weighted by Gasteiger charge is 2.28. The number of aromatic nitrogens is 1. The fourth-order valence-corrected chi connectivity index (χ4v) is 4.48. The van der Waals surface area contributed by atoms with Gasteiger partial charge in [-0.15, -0.1) is 11.3 Å². The molecule has 3 aromatic rings. The maximum atomic E-state index is 12.7. The molecule has 1 aliphatic rings. The number of hydrogen-bond donors (Lipinski definition) is 0. The molecule has 4 rings (SSSR count). The maximum Gasteiger partial charge on any atom is 0.228 e. The van der Waals surface area contributed by atoms with E-state index in [2.05, 4.69) is 70.5 Å². The molecule has 0 unspecified atom stereocenters. The molecule has 0 saturated carbocycles. The zero-order chi connectivity index (χ0) is 19.3. The van der Waals surface area contributed by atoms with Crippen LogP contribution in [0.25, 0.3) is 0 Å². The molecule has 1 fully saturated rings. The van der Waals surface area contributed by atoms with Gasteiger partial charge in [0.05, 0.1) is 23.2 Å². The predicted octanol–water partition coefficient (Wildman–Crippen LogP) is 3.93. The van der Waals surface area contributed by atoms with Crippen molar-refractivity contribution >= 4 is 17.2 Å². The van der Waals surface area contributed by atoms with Crippen LogP contribution in [0.3, 0.4) is 0 Å². The summed E-state index contributed by atoms with van der Waals surface area (Å²) in [6, 6.07) is 21.5. The Morgan fingerprint density at radius 3 is 2.04 bits per heavy atom. The molecule has 28 heavy (non-hydrogen) atoms. The third kappa shape index (κ3) is 4.32. The van der Waals surface area contributed by atoms with Crippen molar-refractivity contribution < 1.29 is 4.79 Å². The van der Waals surface area contributed by atoms with Crippen molar-refractivity contribution in [1.82, 2.24) is 14.8 Å². The Balaban J connectivity index is 1.45. The number of carbonyl (C=O) groups excluding carboxylic acids is 1. The fraction of sp³-hybridized carbons (Fsp3) is 0.304. The van der Waals surface area contributed by atoms with Crippen LogP contribution in [-0.2, 0) is 11.2 Å². The lowest BCUT2D eigenvalue weighted by molar-refractivity contribution is -0.132. The van der Waals surface area contributed by atoms with Gasteiger partial charge >= 0.3 is 0 Å². The van der Waals surface area contributed by atoms with E-state index in [4.69, 9.17) is 0 Å². The summed E-state index contributed by atoms with van der Waals surface area (Å²) in [4.78, 5) is 21.6. The van der Waals surface area contributed by atoms with Crippen LogP contribution in [0.5, 0.6) is 0 Å². The van der Waals surface area contributed by atoms with Gasteiger partial charge in [0, 0.05) is 31.6 Å². The van der Waals surface area contributed by atoms with Gasteiger partial charge in [0.1, 0.15) is 0 Å². The van der Waals surface area contributed by atoms with E-state index in [1.165, 1.54) is 11.1 Å². The van der Waals surface area contributed by atoms with Gasteiger partial charge in [-0.1, -0.05) is 60.7 Å². The van der Waals surface area contributed by atoms with E-state index in [9.17, 15) is 4.79 Å². The topological polar surface area (TPSA) is 36.4 Å². The minimum atomic E-state index is 0.181. The molecule has 0 N–H and O–H groups in total. The van der Waals surface area contributed by atoms with Crippen LogP contribution in [-0.4, -0.2) is 46.9 Å². The number of rotatable bonds is 5. The Morgan fingerprint density at radius 2 is 1.54 bits per heavy atom. The van der Waals surface area contributed by atoms with Crippen LogP contribution in [0.15, 0.2) is 66.0 Å². The summed E-state index contributed by atoms with van der Waals surface area (Å²) in [7, 11) is 0. The van der Waals surface area contributed by atoms with Crippen molar-refractivity contribution in [2.75, 3.05) is 26.2 Å². The molecule has 1 amide bonds. The van der Waals surface area contributed by atoms with E-state index in [1.54, 1.807) is 11.3 Å². The second-order valence-electron chi connectivity index (χ2n) is 7.18. The molecule has 0 aliphatic carbocycles. The van der Waals surface area contributed by atoms with E-state index < -0.39 is 0 Å². The van der Waals surface area contributed by atoms with Crippen molar-refractivity contribution in [1.29, 1.82) is 0 Å². The molecule has 0 spiro atoms. The second kappa shape index (κ2) is 8.67. The molecule has 2 aromatic carbocycles. The molecule has 144 valence electrons. The fourth-order valence-electron chi connectivity index (χ4n) is 3.87. The maximum absolute atomic E-state index is 12.7. The Kier molecular flexibility index (Phi) is 5.84. The Labute approximate surface area is 170 Å². The van der Waals surface area contributed by atoms with E-state index in [1.807, 2.05) is 17.2 Å². The highest BCUT2D eigenvalue weighted by atomic mass is 32.1. The molecular weight excluding hydrogens is 366 g/mol. The lowest BCUT2D eigenvalue weighted by Gasteiger charge is -2.39. The molecular formula is C23H25N3OS. The first-order valence-electron chi connectivity index (χ1n) is 9.73.